The molecule has 25 heavy (non-hydrogen) atoms. The van der Waals surface area contributed by atoms with E-state index in [9.17, 15) is 4.79 Å². The molecule has 5 heteroatoms. The molecule has 4 nitrogen and oxygen atoms in total. The molecule has 1 fully saturated rings. The van der Waals surface area contributed by atoms with Gasteiger partial charge in [0.05, 0.1) is 0 Å². The van der Waals surface area contributed by atoms with Crippen LogP contribution in [0.4, 0.5) is 10.5 Å². The van der Waals surface area contributed by atoms with E-state index in [1.807, 2.05) is 37.8 Å². The van der Waals surface area contributed by atoms with Crippen LogP contribution in [0, 0.1) is 19.8 Å². The fourth-order valence-corrected chi connectivity index (χ4v) is 3.72. The Kier molecular flexibility index (Phi) is 6.26. The average Bonchev–Trinajstić information content (AvgIpc) is 2.49. The molecule has 0 radical (unpaired) electrons. The first-order valence-electron chi connectivity index (χ1n) is 9.08. The van der Waals surface area contributed by atoms with Gasteiger partial charge in [-0.25, -0.2) is 4.79 Å². The summed E-state index contributed by atoms with van der Waals surface area (Å²) in [5.74, 6) is 0.535. The van der Waals surface area contributed by atoms with Gasteiger partial charge >= 0.3 is 6.09 Å². The van der Waals surface area contributed by atoms with E-state index in [0.29, 0.717) is 12.0 Å². The van der Waals surface area contributed by atoms with Gasteiger partial charge in [-0.3, -0.25) is 0 Å². The van der Waals surface area contributed by atoms with Crippen molar-refractivity contribution in [3.8, 4) is 0 Å². The van der Waals surface area contributed by atoms with Gasteiger partial charge in [-0.15, -0.1) is 0 Å². The third-order valence-corrected chi connectivity index (χ3v) is 4.99. The summed E-state index contributed by atoms with van der Waals surface area (Å²) in [6.45, 7) is 13.6. The van der Waals surface area contributed by atoms with Gasteiger partial charge in [-0.2, -0.15) is 0 Å². The predicted molar refractivity (Wildman–Crippen MR) is 105 cm³/mol. The molecule has 2 rings (SSSR count). The average molecular weight is 367 g/mol. The van der Waals surface area contributed by atoms with Crippen LogP contribution >= 0.6 is 11.6 Å². The Balaban J connectivity index is 1.92. The quantitative estimate of drug-likeness (QED) is 0.778. The zero-order valence-corrected chi connectivity index (χ0v) is 17.0. The van der Waals surface area contributed by atoms with Crippen LogP contribution in [0.15, 0.2) is 12.1 Å². The van der Waals surface area contributed by atoms with Crippen LogP contribution in [0.25, 0.3) is 0 Å². The maximum atomic E-state index is 12.2. The van der Waals surface area contributed by atoms with Crippen molar-refractivity contribution in [2.75, 3.05) is 18.4 Å². The van der Waals surface area contributed by atoms with Crippen LogP contribution in [-0.4, -0.2) is 35.7 Å². The second kappa shape index (κ2) is 7.86. The van der Waals surface area contributed by atoms with Crippen LogP contribution in [-0.2, 0) is 4.74 Å². The summed E-state index contributed by atoms with van der Waals surface area (Å²) in [7, 11) is 0. The molecule has 1 saturated heterocycles. The number of amides is 1. The zero-order chi connectivity index (χ0) is 18.8. The molecule has 1 aliphatic rings. The number of halogens is 1. The number of piperidine rings is 1. The van der Waals surface area contributed by atoms with Crippen LogP contribution in [0.2, 0.25) is 5.02 Å². The summed E-state index contributed by atoms with van der Waals surface area (Å²) in [4.78, 5) is 14.0. The maximum absolute atomic E-state index is 12.2. The highest BCUT2D eigenvalue weighted by molar-refractivity contribution is 6.30. The molecular formula is C20H31ClN2O2. The Hall–Kier alpha value is -1.42. The highest BCUT2D eigenvalue weighted by atomic mass is 35.5. The Labute approximate surface area is 156 Å². The van der Waals surface area contributed by atoms with Crippen molar-refractivity contribution in [3.05, 3.63) is 28.3 Å². The van der Waals surface area contributed by atoms with Crippen molar-refractivity contribution in [1.29, 1.82) is 0 Å². The second-order valence-electron chi connectivity index (χ2n) is 8.15. The Bertz CT molecular complexity index is 594. The number of likely N-dealkylation sites (tertiary alicyclic amines) is 1. The minimum atomic E-state index is -0.438. The van der Waals surface area contributed by atoms with Crippen molar-refractivity contribution in [3.63, 3.8) is 0 Å². The van der Waals surface area contributed by atoms with Crippen molar-refractivity contribution in [2.24, 2.45) is 5.92 Å². The van der Waals surface area contributed by atoms with Crippen LogP contribution in [0.3, 0.4) is 0 Å². The van der Waals surface area contributed by atoms with Gasteiger partial charge in [0.25, 0.3) is 0 Å². The van der Waals surface area contributed by atoms with E-state index < -0.39 is 5.60 Å². The van der Waals surface area contributed by atoms with Crippen molar-refractivity contribution in [1.82, 2.24) is 4.90 Å². The molecular weight excluding hydrogens is 336 g/mol. The van der Waals surface area contributed by atoms with Gasteiger partial charge in [0.1, 0.15) is 5.60 Å². The number of benzene rings is 1. The van der Waals surface area contributed by atoms with Crippen molar-refractivity contribution >= 4 is 23.4 Å². The number of aryl methyl sites for hydroxylation is 2. The topological polar surface area (TPSA) is 41.6 Å². The van der Waals surface area contributed by atoms with Crippen molar-refractivity contribution < 1.29 is 9.53 Å². The number of nitrogens with zero attached hydrogens (tertiary/aromatic N) is 1. The van der Waals surface area contributed by atoms with E-state index >= 15 is 0 Å². The summed E-state index contributed by atoms with van der Waals surface area (Å²) in [5, 5.41) is 4.44. The minimum absolute atomic E-state index is 0.198. The van der Waals surface area contributed by atoms with Crippen LogP contribution in [0.1, 0.15) is 51.7 Å². The van der Waals surface area contributed by atoms with E-state index in [4.69, 9.17) is 16.3 Å². The van der Waals surface area contributed by atoms with Gasteiger partial charge < -0.3 is 15.0 Å². The third-order valence-electron chi connectivity index (χ3n) is 4.77. The number of hydrogen-bond acceptors (Lipinski definition) is 3. The number of hydrogen-bond donors (Lipinski definition) is 1. The van der Waals surface area contributed by atoms with E-state index in [1.54, 1.807) is 0 Å². The molecule has 1 unspecified atom stereocenters. The van der Waals surface area contributed by atoms with Gasteiger partial charge in [0.15, 0.2) is 0 Å². The van der Waals surface area contributed by atoms with Crippen molar-refractivity contribution in [2.45, 2.75) is 66.0 Å². The molecule has 1 aromatic rings. The fraction of sp³-hybridized carbons (Fsp3) is 0.650. The third kappa shape index (κ3) is 5.53. The Morgan fingerprint density at radius 1 is 1.24 bits per heavy atom. The molecule has 1 atom stereocenters. The number of ether oxygens (including phenoxy) is 1. The smallest absolute Gasteiger partial charge is 0.410 e. The Morgan fingerprint density at radius 2 is 1.76 bits per heavy atom. The lowest BCUT2D eigenvalue weighted by Gasteiger charge is -2.36. The number of carbonyl (C=O) groups is 1. The molecule has 1 amide bonds. The molecule has 1 aliphatic heterocycles. The first-order chi connectivity index (χ1) is 11.6. The number of anilines is 1. The molecule has 1 heterocycles. The van der Waals surface area contributed by atoms with E-state index in [-0.39, 0.29) is 6.09 Å². The number of carbonyl (C=O) groups excluding carboxylic acids is 1. The fourth-order valence-electron chi connectivity index (χ4n) is 3.39. The van der Waals surface area contributed by atoms with Gasteiger partial charge in [0.2, 0.25) is 0 Å². The molecule has 0 aromatic heterocycles. The monoisotopic (exact) mass is 366 g/mol. The summed E-state index contributed by atoms with van der Waals surface area (Å²) in [6.07, 6.45) is 1.77. The van der Waals surface area contributed by atoms with Gasteiger partial charge in [-0.1, -0.05) is 11.6 Å². The summed E-state index contributed by atoms with van der Waals surface area (Å²) in [6, 6.07) is 4.34. The van der Waals surface area contributed by atoms with E-state index in [0.717, 1.165) is 31.0 Å². The Morgan fingerprint density at radius 3 is 2.24 bits per heavy atom. The zero-order valence-electron chi connectivity index (χ0n) is 16.3. The predicted octanol–water partition coefficient (Wildman–Crippen LogP) is 5.40. The highest BCUT2D eigenvalue weighted by Crippen LogP contribution is 2.29. The number of nitrogens with one attached hydrogen (secondary N) is 1. The second-order valence-corrected chi connectivity index (χ2v) is 8.59. The minimum Gasteiger partial charge on any atom is -0.444 e. The standard InChI is InChI=1S/C20H31ClN2O2/c1-13-11-17(21)12-14(2)18(13)22-15(3)16-7-9-23(10-8-16)19(24)25-20(4,5)6/h11-12,15-16,22H,7-10H2,1-6H3. The lowest BCUT2D eigenvalue weighted by atomic mass is 9.90. The maximum Gasteiger partial charge on any atom is 0.410 e. The molecule has 0 bridgehead atoms. The molecule has 140 valence electrons. The van der Waals surface area contributed by atoms with Crippen LogP contribution < -0.4 is 5.32 Å². The van der Waals surface area contributed by atoms with Crippen LogP contribution in [0.5, 0.6) is 0 Å². The van der Waals surface area contributed by atoms with Gasteiger partial charge in [-0.05, 0) is 83.6 Å². The van der Waals surface area contributed by atoms with Gasteiger partial charge in [0, 0.05) is 29.8 Å². The van der Waals surface area contributed by atoms with E-state index in [1.165, 1.54) is 16.8 Å². The number of rotatable bonds is 3. The molecule has 1 N–H and O–H groups in total. The molecule has 0 spiro atoms. The van der Waals surface area contributed by atoms with E-state index in [2.05, 4.69) is 26.1 Å². The first-order valence-corrected chi connectivity index (χ1v) is 9.46. The molecule has 1 aromatic carbocycles. The normalized spacial score (nSPS) is 17.3. The summed E-state index contributed by atoms with van der Waals surface area (Å²) in [5.41, 5.74) is 3.07. The SMILES string of the molecule is Cc1cc(Cl)cc(C)c1NC(C)C1CCN(C(=O)OC(C)(C)C)CC1. The lowest BCUT2D eigenvalue weighted by Crippen LogP contribution is -2.44. The summed E-state index contributed by atoms with van der Waals surface area (Å²) >= 11 is 6.12. The molecule has 0 aliphatic carbocycles. The summed E-state index contributed by atoms with van der Waals surface area (Å²) < 4.78 is 5.47. The first kappa shape index (κ1) is 19.9. The lowest BCUT2D eigenvalue weighted by molar-refractivity contribution is 0.0179. The largest absolute Gasteiger partial charge is 0.444 e. The highest BCUT2D eigenvalue weighted by Gasteiger charge is 2.29. The molecule has 0 saturated carbocycles.